The number of hydrogen-bond acceptors (Lipinski definition) is 5. The van der Waals surface area contributed by atoms with Crippen molar-refractivity contribution >= 4 is 11.7 Å². The number of amides is 1. The largest absolute Gasteiger partial charge is 0.408 e. The van der Waals surface area contributed by atoms with Crippen LogP contribution in [-0.2, 0) is 5.41 Å². The standard InChI is InChI=1S/C22H28N2O2.C6H11N3/c1-17-12-14-22(15-13-17,18-8-4-3-5-9-18)16-24-21(25)19-10-6-7-11-20(19)26-23-2;1-3-4-8-6(2)9-5-7/h3-11,17,23H,12-16H2,1-2H3,(H,24,25);3-4H2,1-2H3,(H,8,9). The van der Waals surface area contributed by atoms with Gasteiger partial charge in [-0.25, -0.2) is 0 Å². The van der Waals surface area contributed by atoms with Gasteiger partial charge in [-0.3, -0.25) is 15.1 Å². The summed E-state index contributed by atoms with van der Waals surface area (Å²) in [6.07, 6.45) is 7.42. The molecule has 3 N–H and O–H groups in total. The van der Waals surface area contributed by atoms with Gasteiger partial charge in [0.05, 0.1) is 5.56 Å². The highest BCUT2D eigenvalue weighted by atomic mass is 16.6. The van der Waals surface area contributed by atoms with E-state index in [1.165, 1.54) is 18.4 Å². The predicted octanol–water partition coefficient (Wildman–Crippen LogP) is 4.96. The summed E-state index contributed by atoms with van der Waals surface area (Å²) in [5.41, 5.74) is 4.54. The molecule has 1 fully saturated rings. The van der Waals surface area contributed by atoms with Crippen LogP contribution in [0.3, 0.4) is 0 Å². The van der Waals surface area contributed by atoms with E-state index in [9.17, 15) is 4.79 Å². The number of hydrogen-bond donors (Lipinski definition) is 3. The zero-order chi connectivity index (χ0) is 25.5. The third kappa shape index (κ3) is 8.73. The number of amidine groups is 1. The smallest absolute Gasteiger partial charge is 0.255 e. The molecule has 1 saturated carbocycles. The maximum atomic E-state index is 12.8. The van der Waals surface area contributed by atoms with Crippen molar-refractivity contribution in [1.29, 1.82) is 5.26 Å². The fourth-order valence-corrected chi connectivity index (χ4v) is 4.27. The summed E-state index contributed by atoms with van der Waals surface area (Å²) in [6, 6.07) is 17.9. The van der Waals surface area contributed by atoms with Crippen LogP contribution in [-0.4, -0.2) is 31.9 Å². The molecule has 188 valence electrons. The van der Waals surface area contributed by atoms with Gasteiger partial charge in [0.1, 0.15) is 5.84 Å². The maximum Gasteiger partial charge on any atom is 0.255 e. The van der Waals surface area contributed by atoms with Crippen LogP contribution < -0.4 is 21.0 Å². The summed E-state index contributed by atoms with van der Waals surface area (Å²) >= 11 is 0. The van der Waals surface area contributed by atoms with E-state index < -0.39 is 0 Å². The molecule has 0 aliphatic heterocycles. The molecule has 1 aliphatic carbocycles. The van der Waals surface area contributed by atoms with Crippen LogP contribution in [0.15, 0.2) is 59.6 Å². The van der Waals surface area contributed by atoms with Crippen LogP contribution in [0.1, 0.15) is 68.8 Å². The molecule has 7 nitrogen and oxygen atoms in total. The highest BCUT2D eigenvalue weighted by Crippen LogP contribution is 2.41. The van der Waals surface area contributed by atoms with Gasteiger partial charge in [-0.1, -0.05) is 56.3 Å². The minimum absolute atomic E-state index is 0.0161. The lowest BCUT2D eigenvalue weighted by Crippen LogP contribution is -2.43. The van der Waals surface area contributed by atoms with Gasteiger partial charge in [-0.2, -0.15) is 10.7 Å². The molecule has 2 aromatic carbocycles. The van der Waals surface area contributed by atoms with E-state index in [0.29, 0.717) is 23.7 Å². The van der Waals surface area contributed by atoms with Crippen LogP contribution >= 0.6 is 0 Å². The summed E-state index contributed by atoms with van der Waals surface area (Å²) in [4.78, 5) is 22.2. The van der Waals surface area contributed by atoms with Crippen molar-refractivity contribution in [2.75, 3.05) is 20.1 Å². The predicted molar refractivity (Wildman–Crippen MR) is 141 cm³/mol. The summed E-state index contributed by atoms with van der Waals surface area (Å²) in [7, 11) is 1.68. The molecule has 1 amide bonds. The number of carbonyl (C=O) groups is 1. The Morgan fingerprint density at radius 1 is 1.14 bits per heavy atom. The first-order valence-corrected chi connectivity index (χ1v) is 12.4. The molecule has 0 spiro atoms. The average Bonchev–Trinajstić information content (AvgIpc) is 2.89. The Labute approximate surface area is 209 Å². The summed E-state index contributed by atoms with van der Waals surface area (Å²) < 4.78 is 0. The molecule has 3 rings (SSSR count). The van der Waals surface area contributed by atoms with Gasteiger partial charge >= 0.3 is 0 Å². The number of benzene rings is 2. The van der Waals surface area contributed by atoms with E-state index in [1.54, 1.807) is 32.3 Å². The third-order valence-electron chi connectivity index (χ3n) is 6.36. The van der Waals surface area contributed by atoms with Crippen molar-refractivity contribution in [1.82, 2.24) is 16.1 Å². The highest BCUT2D eigenvalue weighted by molar-refractivity contribution is 5.96. The lowest BCUT2D eigenvalue weighted by atomic mass is 9.67. The molecule has 1 aliphatic rings. The molecule has 0 aromatic heterocycles. The molecule has 0 atom stereocenters. The van der Waals surface area contributed by atoms with Crippen molar-refractivity contribution in [3.8, 4) is 11.9 Å². The molecule has 0 heterocycles. The summed E-state index contributed by atoms with van der Waals surface area (Å²) in [6.45, 7) is 7.58. The number of nitriles is 1. The second-order valence-corrected chi connectivity index (χ2v) is 9.02. The number of hydroxylamine groups is 1. The number of nitrogens with zero attached hydrogens (tertiary/aromatic N) is 2. The van der Waals surface area contributed by atoms with Crippen molar-refractivity contribution in [3.05, 3.63) is 65.7 Å². The van der Waals surface area contributed by atoms with Crippen LogP contribution in [0.5, 0.6) is 5.75 Å². The number of carbonyl (C=O) groups excluding carboxylic acids is 1. The van der Waals surface area contributed by atoms with Crippen molar-refractivity contribution < 1.29 is 9.63 Å². The van der Waals surface area contributed by atoms with Gasteiger partial charge in [0.2, 0.25) is 0 Å². The average molecular weight is 478 g/mol. The minimum Gasteiger partial charge on any atom is -0.408 e. The molecule has 35 heavy (non-hydrogen) atoms. The van der Waals surface area contributed by atoms with Gasteiger partial charge < -0.3 is 10.2 Å². The Morgan fingerprint density at radius 2 is 1.80 bits per heavy atom. The van der Waals surface area contributed by atoms with Gasteiger partial charge in [0.25, 0.3) is 5.91 Å². The van der Waals surface area contributed by atoms with E-state index in [-0.39, 0.29) is 11.3 Å². The van der Waals surface area contributed by atoms with Crippen molar-refractivity contribution in [2.24, 2.45) is 10.9 Å². The second-order valence-electron chi connectivity index (χ2n) is 9.02. The Kier molecular flexibility index (Phi) is 11.8. The number of rotatable bonds is 8. The van der Waals surface area contributed by atoms with Crippen LogP contribution in [0, 0.1) is 17.4 Å². The van der Waals surface area contributed by atoms with E-state index in [4.69, 9.17) is 10.1 Å². The van der Waals surface area contributed by atoms with Crippen molar-refractivity contribution in [2.45, 2.75) is 58.3 Å². The summed E-state index contributed by atoms with van der Waals surface area (Å²) in [5, 5.41) is 13.7. The fourth-order valence-electron chi connectivity index (χ4n) is 4.27. The zero-order valence-electron chi connectivity index (χ0n) is 21.4. The molecule has 0 radical (unpaired) electrons. The Balaban J connectivity index is 0.000000410. The molecular weight excluding hydrogens is 438 g/mol. The molecule has 0 bridgehead atoms. The van der Waals surface area contributed by atoms with E-state index >= 15 is 0 Å². The van der Waals surface area contributed by atoms with Crippen LogP contribution in [0.25, 0.3) is 0 Å². The van der Waals surface area contributed by atoms with Crippen LogP contribution in [0.2, 0.25) is 0 Å². The first-order chi connectivity index (χ1) is 17.0. The summed E-state index contributed by atoms with van der Waals surface area (Å²) in [5.74, 6) is 1.90. The maximum absolute atomic E-state index is 12.8. The highest BCUT2D eigenvalue weighted by Gasteiger charge is 2.36. The van der Waals surface area contributed by atoms with Crippen LogP contribution in [0.4, 0.5) is 0 Å². The van der Waals surface area contributed by atoms with E-state index in [2.05, 4.69) is 52.3 Å². The first kappa shape index (κ1) is 27.9. The molecule has 2 aromatic rings. The Bertz CT molecular complexity index is 976. The van der Waals surface area contributed by atoms with E-state index in [1.807, 2.05) is 25.1 Å². The number of para-hydroxylation sites is 1. The molecular formula is C28H39N5O2. The second kappa shape index (κ2) is 14.8. The third-order valence-corrected chi connectivity index (χ3v) is 6.36. The first-order valence-electron chi connectivity index (χ1n) is 12.4. The molecule has 7 heteroatoms. The van der Waals surface area contributed by atoms with Gasteiger partial charge in [-0.05, 0) is 62.6 Å². The van der Waals surface area contributed by atoms with E-state index in [0.717, 1.165) is 31.7 Å². The van der Waals surface area contributed by atoms with Gasteiger partial charge in [0.15, 0.2) is 11.9 Å². The Hall–Kier alpha value is -3.37. The fraction of sp³-hybridized carbons (Fsp3) is 0.464. The Morgan fingerprint density at radius 3 is 2.43 bits per heavy atom. The quantitative estimate of drug-likeness (QED) is 0.164. The van der Waals surface area contributed by atoms with Crippen molar-refractivity contribution in [3.63, 3.8) is 0 Å². The number of aliphatic imine (C=N–C) groups is 1. The normalized spacial score (nSPS) is 19.5. The SMILES string of the molecule is CCCN=C(C)NC#N.CNOc1ccccc1C(=O)NCC1(c2ccccc2)CCC(C)CC1. The number of nitrogens with one attached hydrogen (secondary N) is 3. The topological polar surface area (TPSA) is 98.5 Å². The minimum atomic E-state index is -0.0928. The van der Waals surface area contributed by atoms with Gasteiger partial charge in [-0.15, -0.1) is 0 Å². The lowest BCUT2D eigenvalue weighted by Gasteiger charge is -2.40. The monoisotopic (exact) mass is 477 g/mol. The zero-order valence-corrected chi connectivity index (χ0v) is 21.4. The molecule has 0 unspecified atom stereocenters. The van der Waals surface area contributed by atoms with Gasteiger partial charge in [0, 0.05) is 25.6 Å². The lowest BCUT2D eigenvalue weighted by molar-refractivity contribution is 0.0926. The molecule has 0 saturated heterocycles.